The molecule has 0 atom stereocenters. The van der Waals surface area contributed by atoms with Crippen LogP contribution >= 0.6 is 11.3 Å². The maximum atomic E-state index is 5.49. The molecule has 1 aromatic carbocycles. The van der Waals surface area contributed by atoms with Crippen LogP contribution in [0.4, 0.5) is 5.13 Å². The number of piperazine rings is 1. The molecule has 0 saturated carbocycles. The molecule has 2 aliphatic heterocycles. The van der Waals surface area contributed by atoms with Crippen LogP contribution in [-0.2, 0) is 11.2 Å². The number of nitrogens with zero attached hydrogens (tertiary/aromatic N) is 3. The van der Waals surface area contributed by atoms with Crippen molar-refractivity contribution in [3.05, 3.63) is 23.8 Å². The molecule has 0 aliphatic carbocycles. The summed E-state index contributed by atoms with van der Waals surface area (Å²) in [4.78, 5) is 10.1. The van der Waals surface area contributed by atoms with Gasteiger partial charge in [0.05, 0.1) is 10.2 Å². The summed E-state index contributed by atoms with van der Waals surface area (Å²) in [5, 5.41) is 1.20. The van der Waals surface area contributed by atoms with Crippen molar-refractivity contribution in [2.24, 2.45) is 0 Å². The minimum atomic E-state index is 0.730. The predicted molar refractivity (Wildman–Crippen MR) is 96.6 cm³/mol. The first-order valence-corrected chi connectivity index (χ1v) is 9.62. The Balaban J connectivity index is 1.45. The second-order valence-electron chi connectivity index (χ2n) is 6.48. The number of fused-ring (bicyclic) bond motifs is 1. The highest BCUT2D eigenvalue weighted by Gasteiger charge is 2.26. The predicted octanol–water partition coefficient (Wildman–Crippen LogP) is 3.16. The van der Waals surface area contributed by atoms with Crippen molar-refractivity contribution in [1.29, 1.82) is 0 Å². The van der Waals surface area contributed by atoms with Crippen LogP contribution in [0.3, 0.4) is 0 Å². The Kier molecular flexibility index (Phi) is 4.51. The van der Waals surface area contributed by atoms with Crippen LogP contribution < -0.4 is 4.90 Å². The zero-order chi connectivity index (χ0) is 15.6. The van der Waals surface area contributed by atoms with E-state index in [1.165, 1.54) is 33.8 Å². The molecular weight excluding hydrogens is 306 g/mol. The minimum absolute atomic E-state index is 0.730. The largest absolute Gasteiger partial charge is 0.381 e. The quantitative estimate of drug-likeness (QED) is 0.864. The maximum Gasteiger partial charge on any atom is 0.186 e. The Morgan fingerprint density at radius 1 is 1.17 bits per heavy atom. The number of aromatic nitrogens is 1. The van der Waals surface area contributed by atoms with Crippen LogP contribution in [0.25, 0.3) is 10.2 Å². The van der Waals surface area contributed by atoms with Crippen LogP contribution in [0, 0.1) is 0 Å². The second kappa shape index (κ2) is 6.75. The molecule has 2 aromatic rings. The van der Waals surface area contributed by atoms with Gasteiger partial charge < -0.3 is 9.64 Å². The van der Waals surface area contributed by atoms with E-state index in [4.69, 9.17) is 9.72 Å². The van der Waals surface area contributed by atoms with E-state index in [9.17, 15) is 0 Å². The fraction of sp³-hybridized carbons (Fsp3) is 0.611. The number of para-hydroxylation sites is 1. The molecular formula is C18H25N3OS. The topological polar surface area (TPSA) is 28.6 Å². The van der Waals surface area contributed by atoms with E-state index < -0.39 is 0 Å². The van der Waals surface area contributed by atoms with Gasteiger partial charge in [-0.3, -0.25) is 4.90 Å². The zero-order valence-corrected chi connectivity index (χ0v) is 14.6. The summed E-state index contributed by atoms with van der Waals surface area (Å²) < 4.78 is 6.82. The van der Waals surface area contributed by atoms with Crippen molar-refractivity contribution in [3.63, 3.8) is 0 Å². The summed E-state index contributed by atoms with van der Waals surface area (Å²) >= 11 is 1.85. The van der Waals surface area contributed by atoms with E-state index in [2.05, 4.69) is 34.9 Å². The van der Waals surface area contributed by atoms with Gasteiger partial charge in [-0.25, -0.2) is 4.98 Å². The molecule has 0 N–H and O–H groups in total. The molecule has 4 nitrogen and oxygen atoms in total. The number of rotatable bonds is 3. The highest BCUT2D eigenvalue weighted by atomic mass is 32.1. The summed E-state index contributed by atoms with van der Waals surface area (Å²) in [5.41, 5.74) is 2.58. The van der Waals surface area contributed by atoms with Crippen LogP contribution in [0.2, 0.25) is 0 Å². The number of hydrogen-bond donors (Lipinski definition) is 0. The third-order valence-electron chi connectivity index (χ3n) is 5.16. The Morgan fingerprint density at radius 2 is 1.96 bits per heavy atom. The second-order valence-corrected chi connectivity index (χ2v) is 7.49. The van der Waals surface area contributed by atoms with Gasteiger partial charge in [0, 0.05) is 45.4 Å². The number of thiazole rings is 1. The molecule has 2 aliphatic rings. The van der Waals surface area contributed by atoms with Gasteiger partial charge in [0.15, 0.2) is 5.13 Å². The number of aryl methyl sites for hydroxylation is 1. The standard InChI is InChI=1S/C18H25N3OS/c1-2-14-4-3-5-16-17(14)19-18(23-16)21-10-8-20(9-11-21)15-6-12-22-13-7-15/h3-5,15H,2,6-13H2,1H3. The molecule has 124 valence electrons. The fourth-order valence-electron chi connectivity index (χ4n) is 3.74. The molecule has 5 heteroatoms. The third kappa shape index (κ3) is 3.10. The van der Waals surface area contributed by atoms with E-state index >= 15 is 0 Å². The highest BCUT2D eigenvalue weighted by Crippen LogP contribution is 2.31. The molecule has 4 rings (SSSR count). The zero-order valence-electron chi connectivity index (χ0n) is 13.8. The number of hydrogen-bond acceptors (Lipinski definition) is 5. The normalized spacial score (nSPS) is 21.2. The van der Waals surface area contributed by atoms with Crippen molar-refractivity contribution in [2.45, 2.75) is 32.2 Å². The SMILES string of the molecule is CCc1cccc2sc(N3CCN(C4CCOCC4)CC3)nc12. The lowest BCUT2D eigenvalue weighted by molar-refractivity contribution is 0.0321. The lowest BCUT2D eigenvalue weighted by Crippen LogP contribution is -2.51. The fourth-order valence-corrected chi connectivity index (χ4v) is 4.81. The molecule has 1 aromatic heterocycles. The van der Waals surface area contributed by atoms with Crippen molar-refractivity contribution < 1.29 is 4.74 Å². The van der Waals surface area contributed by atoms with Crippen molar-refractivity contribution in [3.8, 4) is 0 Å². The average Bonchev–Trinajstić information content (AvgIpc) is 3.07. The summed E-state index contributed by atoms with van der Waals surface area (Å²) in [7, 11) is 0. The first kappa shape index (κ1) is 15.4. The van der Waals surface area contributed by atoms with E-state index in [0.717, 1.165) is 51.9 Å². The van der Waals surface area contributed by atoms with Gasteiger partial charge in [-0.1, -0.05) is 30.4 Å². The molecule has 0 spiro atoms. The summed E-state index contributed by atoms with van der Waals surface area (Å²) in [5.74, 6) is 0. The van der Waals surface area contributed by atoms with Crippen molar-refractivity contribution in [2.75, 3.05) is 44.3 Å². The average molecular weight is 331 g/mol. The van der Waals surface area contributed by atoms with E-state index in [-0.39, 0.29) is 0 Å². The lowest BCUT2D eigenvalue weighted by Gasteiger charge is -2.40. The van der Waals surface area contributed by atoms with Gasteiger partial charge in [0.1, 0.15) is 0 Å². The first-order chi connectivity index (χ1) is 11.3. The van der Waals surface area contributed by atoms with Crippen LogP contribution in [0.5, 0.6) is 0 Å². The first-order valence-electron chi connectivity index (χ1n) is 8.80. The van der Waals surface area contributed by atoms with Crippen LogP contribution in [0.1, 0.15) is 25.3 Å². The van der Waals surface area contributed by atoms with E-state index in [0.29, 0.717) is 0 Å². The molecule has 0 radical (unpaired) electrons. The monoisotopic (exact) mass is 331 g/mol. The number of ether oxygens (including phenoxy) is 1. The summed E-state index contributed by atoms with van der Waals surface area (Å²) in [6, 6.07) is 7.29. The molecule has 3 heterocycles. The Labute approximate surface area is 142 Å². The summed E-state index contributed by atoms with van der Waals surface area (Å²) in [6.07, 6.45) is 3.44. The smallest absolute Gasteiger partial charge is 0.186 e. The van der Waals surface area contributed by atoms with Crippen molar-refractivity contribution in [1.82, 2.24) is 9.88 Å². The molecule has 0 bridgehead atoms. The molecule has 2 saturated heterocycles. The molecule has 0 amide bonds. The van der Waals surface area contributed by atoms with Gasteiger partial charge in [0.2, 0.25) is 0 Å². The molecule has 23 heavy (non-hydrogen) atoms. The number of anilines is 1. The number of benzene rings is 1. The van der Waals surface area contributed by atoms with Gasteiger partial charge in [-0.15, -0.1) is 0 Å². The Bertz CT molecular complexity index is 657. The van der Waals surface area contributed by atoms with Gasteiger partial charge in [-0.2, -0.15) is 0 Å². The van der Waals surface area contributed by atoms with Gasteiger partial charge in [-0.05, 0) is 30.9 Å². The van der Waals surface area contributed by atoms with E-state index in [1.807, 2.05) is 11.3 Å². The van der Waals surface area contributed by atoms with Crippen molar-refractivity contribution >= 4 is 26.7 Å². The molecule has 2 fully saturated rings. The van der Waals surface area contributed by atoms with E-state index in [1.54, 1.807) is 0 Å². The van der Waals surface area contributed by atoms with Gasteiger partial charge in [0.25, 0.3) is 0 Å². The Hall–Kier alpha value is -1.17. The van der Waals surface area contributed by atoms with Gasteiger partial charge >= 0.3 is 0 Å². The highest BCUT2D eigenvalue weighted by molar-refractivity contribution is 7.22. The maximum absolute atomic E-state index is 5.49. The van der Waals surface area contributed by atoms with Crippen LogP contribution in [0.15, 0.2) is 18.2 Å². The molecule has 0 unspecified atom stereocenters. The summed E-state index contributed by atoms with van der Waals surface area (Å²) in [6.45, 7) is 8.57. The third-order valence-corrected chi connectivity index (χ3v) is 6.25. The lowest BCUT2D eigenvalue weighted by atomic mass is 10.1. The van der Waals surface area contributed by atoms with Crippen LogP contribution in [-0.4, -0.2) is 55.3 Å². The minimum Gasteiger partial charge on any atom is -0.381 e. The Morgan fingerprint density at radius 3 is 2.70 bits per heavy atom.